The number of allylic oxidation sites excluding steroid dienone is 4. The Morgan fingerprint density at radius 3 is 2.27 bits per heavy atom. The molecule has 0 radical (unpaired) electrons. The lowest BCUT2D eigenvalue weighted by Crippen LogP contribution is -2.39. The molecule has 1 fully saturated rings. The van der Waals surface area contributed by atoms with Crippen molar-refractivity contribution in [1.29, 1.82) is 0 Å². The van der Waals surface area contributed by atoms with Crippen LogP contribution in [0.2, 0.25) is 0 Å². The number of pyridine rings is 1. The highest BCUT2D eigenvalue weighted by atomic mass is 127. The summed E-state index contributed by atoms with van der Waals surface area (Å²) in [6, 6.07) is 23.6. The SMILES string of the molecule is Cc1cc2c(c(I)nn2C(C2=CCCC=C2)(c2ccccc2)c2ccccc2)c(OC2CCOCC2)n1. The van der Waals surface area contributed by atoms with Gasteiger partial charge in [-0.1, -0.05) is 78.9 Å². The Kier molecular flexibility index (Phi) is 6.86. The number of fused-ring (bicyclic) bond motifs is 1. The summed E-state index contributed by atoms with van der Waals surface area (Å²) in [5.74, 6) is 0.667. The number of aryl methyl sites for hydroxylation is 1. The summed E-state index contributed by atoms with van der Waals surface area (Å²) in [7, 11) is 0. The van der Waals surface area contributed by atoms with E-state index in [0.717, 1.165) is 59.2 Å². The van der Waals surface area contributed by atoms with Crippen LogP contribution in [0.25, 0.3) is 10.9 Å². The van der Waals surface area contributed by atoms with E-state index in [0.29, 0.717) is 5.88 Å². The van der Waals surface area contributed by atoms with Gasteiger partial charge in [-0.05, 0) is 65.1 Å². The van der Waals surface area contributed by atoms with Crippen molar-refractivity contribution in [2.24, 2.45) is 0 Å². The summed E-state index contributed by atoms with van der Waals surface area (Å²) in [6.45, 7) is 3.48. The Morgan fingerprint density at radius 1 is 0.973 bits per heavy atom. The molecule has 0 atom stereocenters. The maximum Gasteiger partial charge on any atom is 0.226 e. The Morgan fingerprint density at radius 2 is 1.65 bits per heavy atom. The fourth-order valence-corrected chi connectivity index (χ4v) is 6.30. The van der Waals surface area contributed by atoms with Crippen LogP contribution in [-0.4, -0.2) is 34.1 Å². The third-order valence-corrected chi connectivity index (χ3v) is 8.03. The fourth-order valence-electron chi connectivity index (χ4n) is 5.58. The van der Waals surface area contributed by atoms with Gasteiger partial charge in [-0.15, -0.1) is 0 Å². The van der Waals surface area contributed by atoms with Crippen molar-refractivity contribution in [3.63, 3.8) is 0 Å². The van der Waals surface area contributed by atoms with E-state index >= 15 is 0 Å². The highest BCUT2D eigenvalue weighted by Gasteiger charge is 2.42. The largest absolute Gasteiger partial charge is 0.474 e. The van der Waals surface area contributed by atoms with Crippen molar-refractivity contribution in [3.8, 4) is 5.88 Å². The van der Waals surface area contributed by atoms with E-state index in [1.165, 1.54) is 16.7 Å². The van der Waals surface area contributed by atoms with Gasteiger partial charge < -0.3 is 9.47 Å². The lowest BCUT2D eigenvalue weighted by Gasteiger charge is -2.38. The third kappa shape index (κ3) is 4.40. The minimum absolute atomic E-state index is 0.0994. The Labute approximate surface area is 231 Å². The smallest absolute Gasteiger partial charge is 0.226 e. The van der Waals surface area contributed by atoms with Crippen LogP contribution < -0.4 is 4.74 Å². The van der Waals surface area contributed by atoms with Gasteiger partial charge >= 0.3 is 0 Å². The molecule has 2 aromatic carbocycles. The number of hydrogen-bond acceptors (Lipinski definition) is 4. The van der Waals surface area contributed by atoms with Crippen LogP contribution in [0.1, 0.15) is 42.5 Å². The molecule has 0 spiro atoms. The van der Waals surface area contributed by atoms with Crippen molar-refractivity contribution in [3.05, 3.63) is 111 Å². The molecule has 6 rings (SSSR count). The first-order chi connectivity index (χ1) is 18.2. The first-order valence-corrected chi connectivity index (χ1v) is 14.0. The molecule has 0 N–H and O–H groups in total. The third-order valence-electron chi connectivity index (χ3n) is 7.28. The molecule has 1 saturated heterocycles. The number of rotatable bonds is 6. The van der Waals surface area contributed by atoms with Crippen LogP contribution in [0.15, 0.2) is 90.5 Å². The molecule has 2 aromatic heterocycles. The molecule has 6 heteroatoms. The molecular formula is C31H30IN3O2. The molecule has 37 heavy (non-hydrogen) atoms. The fraction of sp³-hybridized carbons (Fsp3) is 0.290. The Balaban J connectivity index is 1.66. The van der Waals surface area contributed by atoms with Crippen molar-refractivity contribution in [1.82, 2.24) is 14.8 Å². The maximum absolute atomic E-state index is 6.54. The van der Waals surface area contributed by atoms with E-state index < -0.39 is 5.54 Å². The van der Waals surface area contributed by atoms with E-state index in [9.17, 15) is 0 Å². The predicted molar refractivity (Wildman–Crippen MR) is 155 cm³/mol. The van der Waals surface area contributed by atoms with Crippen LogP contribution in [0.3, 0.4) is 0 Å². The normalized spacial score (nSPS) is 16.6. The van der Waals surface area contributed by atoms with Gasteiger partial charge in [0.05, 0.1) is 24.1 Å². The molecule has 3 heterocycles. The summed E-state index contributed by atoms with van der Waals surface area (Å²) in [5, 5.41) is 6.24. The van der Waals surface area contributed by atoms with E-state index in [4.69, 9.17) is 19.6 Å². The lowest BCUT2D eigenvalue weighted by atomic mass is 9.75. The second-order valence-corrected chi connectivity index (χ2v) is 10.7. The molecule has 0 bridgehead atoms. The zero-order valence-electron chi connectivity index (χ0n) is 20.9. The predicted octanol–water partition coefficient (Wildman–Crippen LogP) is 6.97. The van der Waals surface area contributed by atoms with Crippen molar-refractivity contribution in [2.45, 2.75) is 44.2 Å². The van der Waals surface area contributed by atoms with Gasteiger partial charge in [-0.3, -0.25) is 0 Å². The van der Waals surface area contributed by atoms with Crippen LogP contribution in [0.4, 0.5) is 0 Å². The summed E-state index contributed by atoms with van der Waals surface area (Å²) >= 11 is 2.35. The van der Waals surface area contributed by atoms with Gasteiger partial charge in [-0.2, -0.15) is 5.10 Å². The molecule has 4 aromatic rings. The summed E-state index contributed by atoms with van der Waals surface area (Å²) in [4.78, 5) is 4.86. The van der Waals surface area contributed by atoms with Gasteiger partial charge in [0.1, 0.15) is 15.3 Å². The number of halogens is 1. The second kappa shape index (κ2) is 10.4. The van der Waals surface area contributed by atoms with E-state index in [2.05, 4.69) is 112 Å². The Hall–Kier alpha value is -2.97. The summed E-state index contributed by atoms with van der Waals surface area (Å²) in [6.07, 6.45) is 10.8. The second-order valence-electron chi connectivity index (χ2n) is 9.68. The maximum atomic E-state index is 6.54. The molecule has 1 aliphatic carbocycles. The van der Waals surface area contributed by atoms with E-state index in [1.54, 1.807) is 0 Å². The molecule has 2 aliphatic rings. The quantitative estimate of drug-likeness (QED) is 0.224. The van der Waals surface area contributed by atoms with E-state index in [-0.39, 0.29) is 6.10 Å². The molecular weight excluding hydrogens is 573 g/mol. The molecule has 1 aliphatic heterocycles. The summed E-state index contributed by atoms with van der Waals surface area (Å²) < 4.78 is 15.2. The molecule has 5 nitrogen and oxygen atoms in total. The zero-order chi connectivity index (χ0) is 25.2. The molecule has 0 amide bonds. The van der Waals surface area contributed by atoms with Gasteiger partial charge in [0, 0.05) is 18.5 Å². The van der Waals surface area contributed by atoms with Gasteiger partial charge in [-0.25, -0.2) is 9.67 Å². The minimum Gasteiger partial charge on any atom is -0.474 e. The van der Waals surface area contributed by atoms with Gasteiger partial charge in [0.15, 0.2) is 0 Å². The topological polar surface area (TPSA) is 49.2 Å². The van der Waals surface area contributed by atoms with Crippen molar-refractivity contribution in [2.75, 3.05) is 13.2 Å². The number of ether oxygens (including phenoxy) is 2. The zero-order valence-corrected chi connectivity index (χ0v) is 23.1. The molecule has 188 valence electrons. The monoisotopic (exact) mass is 603 g/mol. The van der Waals surface area contributed by atoms with Crippen LogP contribution in [-0.2, 0) is 10.3 Å². The number of nitrogens with zero attached hydrogens (tertiary/aromatic N) is 3. The lowest BCUT2D eigenvalue weighted by molar-refractivity contribution is 0.0243. The van der Waals surface area contributed by atoms with Crippen molar-refractivity contribution < 1.29 is 9.47 Å². The number of aromatic nitrogens is 3. The minimum atomic E-state index is -0.648. The highest BCUT2D eigenvalue weighted by molar-refractivity contribution is 14.1. The Bertz CT molecular complexity index is 1410. The van der Waals surface area contributed by atoms with E-state index in [1.807, 2.05) is 6.92 Å². The number of benzene rings is 2. The van der Waals surface area contributed by atoms with Gasteiger partial charge in [0.25, 0.3) is 0 Å². The molecule has 0 unspecified atom stereocenters. The highest BCUT2D eigenvalue weighted by Crippen LogP contribution is 2.45. The standard InChI is InChI=1S/C31H30IN3O2/c1-22-21-27-28(30(33-22)37-26-17-19-36-20-18-26)29(32)34-35(27)31(23-11-5-2-6-12-23,24-13-7-3-8-14-24)25-15-9-4-10-16-25/h2-3,5-9,11-16,21,26H,4,10,17-20H2,1H3. The van der Waals surface area contributed by atoms with Crippen LogP contribution >= 0.6 is 22.6 Å². The average Bonchev–Trinajstić information content (AvgIpc) is 3.28. The first kappa shape index (κ1) is 24.4. The van der Waals surface area contributed by atoms with Crippen LogP contribution in [0.5, 0.6) is 5.88 Å². The average molecular weight is 604 g/mol. The molecule has 0 saturated carbocycles. The van der Waals surface area contributed by atoms with Crippen LogP contribution in [0, 0.1) is 10.6 Å². The van der Waals surface area contributed by atoms with Crippen molar-refractivity contribution >= 4 is 33.5 Å². The van der Waals surface area contributed by atoms with Gasteiger partial charge in [0.2, 0.25) is 5.88 Å². The number of hydrogen-bond donors (Lipinski definition) is 0. The summed E-state index contributed by atoms with van der Waals surface area (Å²) in [5.41, 5.74) is 4.84. The first-order valence-electron chi connectivity index (χ1n) is 13.0.